The molecule has 1 aromatic rings. The van der Waals surface area contributed by atoms with Gasteiger partial charge in [-0.15, -0.1) is 0 Å². The zero-order valence-corrected chi connectivity index (χ0v) is 10.8. The molecule has 0 aliphatic carbocycles. The lowest BCUT2D eigenvalue weighted by molar-refractivity contribution is 0.282. The minimum atomic E-state index is 0.122. The van der Waals surface area contributed by atoms with E-state index in [4.69, 9.17) is 5.11 Å². The number of anilines is 1. The van der Waals surface area contributed by atoms with E-state index in [1.165, 1.54) is 11.3 Å². The highest BCUT2D eigenvalue weighted by molar-refractivity contribution is 5.55. The average molecular weight is 221 g/mol. The van der Waals surface area contributed by atoms with Crippen LogP contribution < -0.4 is 4.90 Å². The summed E-state index contributed by atoms with van der Waals surface area (Å²) in [7, 11) is 0. The summed E-state index contributed by atoms with van der Waals surface area (Å²) in [5, 5.41) is 9.09. The largest absolute Gasteiger partial charge is 0.392 e. The SMILES string of the molecule is CCC(C)N(CC)c1ccc(CO)cc1C. The van der Waals surface area contributed by atoms with Crippen molar-refractivity contribution >= 4 is 5.69 Å². The van der Waals surface area contributed by atoms with Gasteiger partial charge in [0.2, 0.25) is 0 Å². The Morgan fingerprint density at radius 2 is 2.00 bits per heavy atom. The highest BCUT2D eigenvalue weighted by atomic mass is 16.3. The Bertz CT molecular complexity index is 336. The van der Waals surface area contributed by atoms with Crippen LogP contribution in [0, 0.1) is 6.92 Å². The van der Waals surface area contributed by atoms with E-state index < -0.39 is 0 Å². The van der Waals surface area contributed by atoms with E-state index in [0.717, 1.165) is 18.5 Å². The van der Waals surface area contributed by atoms with E-state index >= 15 is 0 Å². The van der Waals surface area contributed by atoms with Crippen LogP contribution in [0.1, 0.15) is 38.3 Å². The summed E-state index contributed by atoms with van der Waals surface area (Å²) in [5.41, 5.74) is 3.52. The summed E-state index contributed by atoms with van der Waals surface area (Å²) in [6.07, 6.45) is 1.15. The Morgan fingerprint density at radius 1 is 1.31 bits per heavy atom. The number of hydrogen-bond donors (Lipinski definition) is 1. The first-order chi connectivity index (χ1) is 7.63. The molecule has 0 aliphatic heterocycles. The number of nitrogens with zero attached hydrogens (tertiary/aromatic N) is 1. The second-order valence-corrected chi connectivity index (χ2v) is 4.32. The second kappa shape index (κ2) is 5.90. The van der Waals surface area contributed by atoms with Gasteiger partial charge in [-0.25, -0.2) is 0 Å². The summed E-state index contributed by atoms with van der Waals surface area (Å²) < 4.78 is 0. The van der Waals surface area contributed by atoms with Gasteiger partial charge < -0.3 is 10.0 Å². The Morgan fingerprint density at radius 3 is 2.44 bits per heavy atom. The maximum Gasteiger partial charge on any atom is 0.0681 e. The van der Waals surface area contributed by atoms with E-state index in [0.29, 0.717) is 6.04 Å². The average Bonchev–Trinajstić information content (AvgIpc) is 2.31. The molecule has 0 amide bonds. The summed E-state index contributed by atoms with van der Waals surface area (Å²) in [4.78, 5) is 2.41. The van der Waals surface area contributed by atoms with E-state index in [2.05, 4.69) is 44.7 Å². The molecular formula is C14H23NO. The third-order valence-electron chi connectivity index (χ3n) is 3.22. The molecule has 0 saturated carbocycles. The fraction of sp³-hybridized carbons (Fsp3) is 0.571. The zero-order valence-electron chi connectivity index (χ0n) is 10.8. The third-order valence-corrected chi connectivity index (χ3v) is 3.22. The van der Waals surface area contributed by atoms with Crippen molar-refractivity contribution in [3.63, 3.8) is 0 Å². The van der Waals surface area contributed by atoms with Gasteiger partial charge in [-0.1, -0.05) is 19.1 Å². The smallest absolute Gasteiger partial charge is 0.0681 e. The first-order valence-electron chi connectivity index (χ1n) is 6.11. The second-order valence-electron chi connectivity index (χ2n) is 4.32. The minimum Gasteiger partial charge on any atom is -0.392 e. The molecule has 0 heterocycles. The Labute approximate surface area is 98.9 Å². The quantitative estimate of drug-likeness (QED) is 0.826. The highest BCUT2D eigenvalue weighted by Gasteiger charge is 2.12. The molecule has 1 aromatic carbocycles. The molecule has 0 spiro atoms. The predicted molar refractivity (Wildman–Crippen MR) is 69.9 cm³/mol. The molecule has 0 fully saturated rings. The lowest BCUT2D eigenvalue weighted by Crippen LogP contribution is -2.32. The number of rotatable bonds is 5. The third kappa shape index (κ3) is 2.76. The van der Waals surface area contributed by atoms with E-state index in [9.17, 15) is 0 Å². The van der Waals surface area contributed by atoms with E-state index in [1.807, 2.05) is 6.07 Å². The fourth-order valence-corrected chi connectivity index (χ4v) is 2.08. The number of hydrogen-bond acceptors (Lipinski definition) is 2. The van der Waals surface area contributed by atoms with Crippen LogP contribution in [0.3, 0.4) is 0 Å². The van der Waals surface area contributed by atoms with Crippen molar-refractivity contribution < 1.29 is 5.11 Å². The molecule has 2 heteroatoms. The number of aliphatic hydroxyl groups is 1. The van der Waals surface area contributed by atoms with Crippen molar-refractivity contribution in [3.05, 3.63) is 29.3 Å². The molecule has 0 radical (unpaired) electrons. The molecule has 1 atom stereocenters. The van der Waals surface area contributed by atoms with Gasteiger partial charge in [-0.3, -0.25) is 0 Å². The van der Waals surface area contributed by atoms with Crippen LogP contribution in [0.15, 0.2) is 18.2 Å². The number of aliphatic hydroxyl groups excluding tert-OH is 1. The van der Waals surface area contributed by atoms with Gasteiger partial charge in [-0.05, 0) is 44.4 Å². The molecule has 1 rings (SSSR count). The maximum atomic E-state index is 9.09. The first-order valence-corrected chi connectivity index (χ1v) is 6.11. The first kappa shape index (κ1) is 13.0. The molecule has 1 N–H and O–H groups in total. The van der Waals surface area contributed by atoms with E-state index in [-0.39, 0.29) is 6.61 Å². The van der Waals surface area contributed by atoms with Gasteiger partial charge in [0, 0.05) is 18.3 Å². The van der Waals surface area contributed by atoms with Crippen LogP contribution in [0.4, 0.5) is 5.69 Å². The topological polar surface area (TPSA) is 23.5 Å². The lowest BCUT2D eigenvalue weighted by Gasteiger charge is -2.31. The summed E-state index contributed by atoms with van der Waals surface area (Å²) in [6.45, 7) is 9.91. The van der Waals surface area contributed by atoms with Crippen molar-refractivity contribution in [1.82, 2.24) is 0 Å². The molecule has 2 nitrogen and oxygen atoms in total. The normalized spacial score (nSPS) is 12.6. The summed E-state index contributed by atoms with van der Waals surface area (Å²) in [6, 6.07) is 6.76. The Kier molecular flexibility index (Phi) is 4.81. The Hall–Kier alpha value is -1.02. The van der Waals surface area contributed by atoms with Gasteiger partial charge in [0.05, 0.1) is 6.61 Å². The molecule has 90 valence electrons. The van der Waals surface area contributed by atoms with E-state index in [1.54, 1.807) is 0 Å². The van der Waals surface area contributed by atoms with Crippen molar-refractivity contribution in [2.45, 2.75) is 46.8 Å². The molecule has 16 heavy (non-hydrogen) atoms. The van der Waals surface area contributed by atoms with Crippen LogP contribution in [-0.2, 0) is 6.61 Å². The predicted octanol–water partition coefficient (Wildman–Crippen LogP) is 3.11. The van der Waals surface area contributed by atoms with Crippen LogP contribution in [0.2, 0.25) is 0 Å². The molecule has 1 unspecified atom stereocenters. The van der Waals surface area contributed by atoms with Crippen molar-refractivity contribution in [2.75, 3.05) is 11.4 Å². The lowest BCUT2D eigenvalue weighted by atomic mass is 10.1. The molecular weight excluding hydrogens is 198 g/mol. The summed E-state index contributed by atoms with van der Waals surface area (Å²) >= 11 is 0. The van der Waals surface area contributed by atoms with Crippen molar-refractivity contribution in [3.8, 4) is 0 Å². The molecule has 0 bridgehead atoms. The van der Waals surface area contributed by atoms with Gasteiger partial charge >= 0.3 is 0 Å². The number of benzene rings is 1. The monoisotopic (exact) mass is 221 g/mol. The number of aryl methyl sites for hydroxylation is 1. The molecule has 0 aromatic heterocycles. The Balaban J connectivity index is 3.01. The van der Waals surface area contributed by atoms with Crippen LogP contribution in [0.5, 0.6) is 0 Å². The highest BCUT2D eigenvalue weighted by Crippen LogP contribution is 2.24. The molecule has 0 saturated heterocycles. The van der Waals surface area contributed by atoms with Gasteiger partial charge in [-0.2, -0.15) is 0 Å². The van der Waals surface area contributed by atoms with Crippen molar-refractivity contribution in [1.29, 1.82) is 0 Å². The van der Waals surface area contributed by atoms with Crippen molar-refractivity contribution in [2.24, 2.45) is 0 Å². The zero-order chi connectivity index (χ0) is 12.1. The maximum absolute atomic E-state index is 9.09. The van der Waals surface area contributed by atoms with Crippen LogP contribution in [0.25, 0.3) is 0 Å². The van der Waals surface area contributed by atoms with Gasteiger partial charge in [0.15, 0.2) is 0 Å². The minimum absolute atomic E-state index is 0.122. The summed E-state index contributed by atoms with van der Waals surface area (Å²) in [5.74, 6) is 0. The standard InChI is InChI=1S/C14H23NO/c1-5-12(4)15(6-2)14-8-7-13(10-16)9-11(14)3/h7-9,12,16H,5-6,10H2,1-4H3. The van der Waals surface area contributed by atoms with Crippen LogP contribution >= 0.6 is 0 Å². The van der Waals surface area contributed by atoms with Gasteiger partial charge in [0.1, 0.15) is 0 Å². The van der Waals surface area contributed by atoms with Crippen LogP contribution in [-0.4, -0.2) is 17.7 Å². The van der Waals surface area contributed by atoms with Gasteiger partial charge in [0.25, 0.3) is 0 Å². The molecule has 0 aliphatic rings. The fourth-order valence-electron chi connectivity index (χ4n) is 2.08.